The summed E-state index contributed by atoms with van der Waals surface area (Å²) in [7, 11) is 0. The van der Waals surface area contributed by atoms with Gasteiger partial charge < -0.3 is 21.1 Å². The summed E-state index contributed by atoms with van der Waals surface area (Å²) in [6, 6.07) is -1.44. The van der Waals surface area contributed by atoms with E-state index in [9.17, 15) is 14.4 Å². The summed E-state index contributed by atoms with van der Waals surface area (Å²) in [5.74, 6) is -1.06. The van der Waals surface area contributed by atoms with Crippen molar-refractivity contribution >= 4 is 17.9 Å². The molecule has 0 bridgehead atoms. The normalized spacial score (nSPS) is 20.1. The van der Waals surface area contributed by atoms with Gasteiger partial charge in [0, 0.05) is 19.0 Å². The lowest BCUT2D eigenvalue weighted by molar-refractivity contribution is -0.139. The Morgan fingerprint density at radius 1 is 1.56 bits per heavy atom. The molecule has 3 amide bonds. The Morgan fingerprint density at radius 2 is 2.28 bits per heavy atom. The van der Waals surface area contributed by atoms with Crippen molar-refractivity contribution < 1.29 is 19.5 Å². The zero-order valence-corrected chi connectivity index (χ0v) is 10.4. The topological polar surface area (TPSA) is 108 Å². The number of aliphatic carboxylic acids is 1. The van der Waals surface area contributed by atoms with Crippen molar-refractivity contribution in [3.8, 4) is 0 Å². The van der Waals surface area contributed by atoms with Gasteiger partial charge >= 0.3 is 12.0 Å². The molecule has 0 aliphatic carbocycles. The summed E-state index contributed by atoms with van der Waals surface area (Å²) in [5.41, 5.74) is 0. The van der Waals surface area contributed by atoms with E-state index < -0.39 is 18.0 Å². The van der Waals surface area contributed by atoms with E-state index in [1.165, 1.54) is 0 Å². The molecule has 2 atom stereocenters. The number of nitrogens with one attached hydrogen (secondary N) is 3. The maximum absolute atomic E-state index is 11.5. The number of carbonyl (C=O) groups is 3. The van der Waals surface area contributed by atoms with Crippen molar-refractivity contribution in [1.29, 1.82) is 0 Å². The molecule has 0 aromatic rings. The highest BCUT2D eigenvalue weighted by molar-refractivity contribution is 5.82. The van der Waals surface area contributed by atoms with E-state index >= 15 is 0 Å². The zero-order chi connectivity index (χ0) is 13.5. The summed E-state index contributed by atoms with van der Waals surface area (Å²) >= 11 is 0. The minimum absolute atomic E-state index is 0.0170. The summed E-state index contributed by atoms with van der Waals surface area (Å²) in [5, 5.41) is 16.5. The van der Waals surface area contributed by atoms with Crippen molar-refractivity contribution in [3.63, 3.8) is 0 Å². The van der Waals surface area contributed by atoms with Gasteiger partial charge in [-0.1, -0.05) is 13.3 Å². The molecule has 1 aliphatic heterocycles. The van der Waals surface area contributed by atoms with Gasteiger partial charge in [-0.05, 0) is 12.8 Å². The van der Waals surface area contributed by atoms with E-state index in [-0.39, 0.29) is 11.9 Å². The number of carboxylic acid groups (broad SMARTS) is 1. The third-order valence-corrected chi connectivity index (χ3v) is 2.77. The third-order valence-electron chi connectivity index (χ3n) is 2.77. The van der Waals surface area contributed by atoms with Gasteiger partial charge in [-0.25, -0.2) is 9.59 Å². The van der Waals surface area contributed by atoms with Crippen LogP contribution in [0.2, 0.25) is 0 Å². The highest BCUT2D eigenvalue weighted by Crippen LogP contribution is 2.04. The molecular weight excluding hydrogens is 238 g/mol. The molecule has 1 aliphatic rings. The largest absolute Gasteiger partial charge is 0.480 e. The van der Waals surface area contributed by atoms with Crippen LogP contribution in [0.4, 0.5) is 4.79 Å². The van der Waals surface area contributed by atoms with Gasteiger partial charge in [-0.3, -0.25) is 4.79 Å². The second kappa shape index (κ2) is 6.83. The molecule has 0 saturated carbocycles. The SMILES string of the molecule is CCC[C@H](NC(=O)NCC1CCC(=O)N1)C(=O)O. The van der Waals surface area contributed by atoms with E-state index in [1.54, 1.807) is 0 Å². The quantitative estimate of drug-likeness (QED) is 0.529. The predicted molar refractivity (Wildman–Crippen MR) is 64.0 cm³/mol. The van der Waals surface area contributed by atoms with Crippen LogP contribution in [-0.4, -0.2) is 41.6 Å². The average Bonchev–Trinajstić information content (AvgIpc) is 2.72. The molecule has 18 heavy (non-hydrogen) atoms. The fourth-order valence-electron chi connectivity index (χ4n) is 1.80. The van der Waals surface area contributed by atoms with Gasteiger partial charge in [0.05, 0.1) is 0 Å². The lowest BCUT2D eigenvalue weighted by atomic mass is 10.2. The van der Waals surface area contributed by atoms with E-state index in [2.05, 4.69) is 16.0 Å². The second-order valence-corrected chi connectivity index (χ2v) is 4.34. The second-order valence-electron chi connectivity index (χ2n) is 4.34. The zero-order valence-electron chi connectivity index (χ0n) is 10.4. The smallest absolute Gasteiger partial charge is 0.326 e. The monoisotopic (exact) mass is 257 g/mol. The number of hydrogen-bond acceptors (Lipinski definition) is 3. The molecule has 0 aromatic carbocycles. The molecule has 0 radical (unpaired) electrons. The molecule has 4 N–H and O–H groups in total. The number of rotatable bonds is 6. The number of carboxylic acids is 1. The molecule has 0 spiro atoms. The van der Waals surface area contributed by atoms with Crippen molar-refractivity contribution in [2.24, 2.45) is 0 Å². The Kier molecular flexibility index (Phi) is 5.41. The number of hydrogen-bond donors (Lipinski definition) is 4. The van der Waals surface area contributed by atoms with Crippen LogP contribution in [-0.2, 0) is 9.59 Å². The summed E-state index contributed by atoms with van der Waals surface area (Å²) in [6.45, 7) is 2.17. The van der Waals surface area contributed by atoms with Crippen LogP contribution in [0.5, 0.6) is 0 Å². The molecule has 1 rings (SSSR count). The van der Waals surface area contributed by atoms with Crippen molar-refractivity contribution in [1.82, 2.24) is 16.0 Å². The van der Waals surface area contributed by atoms with E-state index in [4.69, 9.17) is 5.11 Å². The summed E-state index contributed by atoms with van der Waals surface area (Å²) in [6.07, 6.45) is 2.23. The van der Waals surface area contributed by atoms with Crippen LogP contribution < -0.4 is 16.0 Å². The van der Waals surface area contributed by atoms with Crippen LogP contribution in [0.3, 0.4) is 0 Å². The molecule has 1 saturated heterocycles. The maximum atomic E-state index is 11.5. The molecular formula is C11H19N3O4. The maximum Gasteiger partial charge on any atom is 0.326 e. The summed E-state index contributed by atoms with van der Waals surface area (Å²) in [4.78, 5) is 33.2. The Balaban J connectivity index is 2.27. The molecule has 102 valence electrons. The van der Waals surface area contributed by atoms with Gasteiger partial charge in [0.1, 0.15) is 6.04 Å². The van der Waals surface area contributed by atoms with Crippen LogP contribution >= 0.6 is 0 Å². The molecule has 1 fully saturated rings. The van der Waals surface area contributed by atoms with Gasteiger partial charge in [-0.2, -0.15) is 0 Å². The Labute approximate surface area is 105 Å². The van der Waals surface area contributed by atoms with E-state index in [0.29, 0.717) is 32.2 Å². The minimum atomic E-state index is -1.04. The van der Waals surface area contributed by atoms with E-state index in [0.717, 1.165) is 0 Å². The first kappa shape index (κ1) is 14.3. The van der Waals surface area contributed by atoms with Crippen molar-refractivity contribution in [2.45, 2.75) is 44.7 Å². The van der Waals surface area contributed by atoms with Crippen LogP contribution in [0.15, 0.2) is 0 Å². The lowest BCUT2D eigenvalue weighted by Gasteiger charge is -2.16. The Morgan fingerprint density at radius 3 is 2.78 bits per heavy atom. The number of carbonyl (C=O) groups excluding carboxylic acids is 2. The predicted octanol–water partition coefficient (Wildman–Crippen LogP) is -0.182. The van der Waals surface area contributed by atoms with Crippen LogP contribution in [0, 0.1) is 0 Å². The highest BCUT2D eigenvalue weighted by Gasteiger charge is 2.22. The van der Waals surface area contributed by atoms with Crippen molar-refractivity contribution in [3.05, 3.63) is 0 Å². The van der Waals surface area contributed by atoms with Gasteiger partial charge in [-0.15, -0.1) is 0 Å². The van der Waals surface area contributed by atoms with E-state index in [1.807, 2.05) is 6.92 Å². The first-order valence-corrected chi connectivity index (χ1v) is 6.09. The van der Waals surface area contributed by atoms with Gasteiger partial charge in [0.2, 0.25) is 5.91 Å². The van der Waals surface area contributed by atoms with Crippen molar-refractivity contribution in [2.75, 3.05) is 6.54 Å². The molecule has 0 aromatic heterocycles. The summed E-state index contributed by atoms with van der Waals surface area (Å²) < 4.78 is 0. The Bertz CT molecular complexity index is 332. The van der Waals surface area contributed by atoms with Crippen LogP contribution in [0.1, 0.15) is 32.6 Å². The fraction of sp³-hybridized carbons (Fsp3) is 0.727. The molecule has 1 heterocycles. The molecule has 7 heteroatoms. The first-order valence-electron chi connectivity index (χ1n) is 6.09. The van der Waals surface area contributed by atoms with Gasteiger partial charge in [0.25, 0.3) is 0 Å². The lowest BCUT2D eigenvalue weighted by Crippen LogP contribution is -2.48. The van der Waals surface area contributed by atoms with Crippen LogP contribution in [0.25, 0.3) is 0 Å². The molecule has 7 nitrogen and oxygen atoms in total. The molecule has 1 unspecified atom stereocenters. The fourth-order valence-corrected chi connectivity index (χ4v) is 1.80. The minimum Gasteiger partial charge on any atom is -0.480 e. The third kappa shape index (κ3) is 4.60. The number of urea groups is 1. The standard InChI is InChI=1S/C11H19N3O4/c1-2-3-8(10(16)17)14-11(18)12-6-7-4-5-9(15)13-7/h7-8H,2-6H2,1H3,(H,13,15)(H,16,17)(H2,12,14,18)/t7?,8-/m0/s1. The highest BCUT2D eigenvalue weighted by atomic mass is 16.4. The average molecular weight is 257 g/mol. The van der Waals surface area contributed by atoms with Gasteiger partial charge in [0.15, 0.2) is 0 Å². The Hall–Kier alpha value is -1.79. The number of amides is 3. The first-order chi connectivity index (χ1) is 8.52.